The van der Waals surface area contributed by atoms with Crippen LogP contribution in [0.2, 0.25) is 0 Å². The lowest BCUT2D eigenvalue weighted by atomic mass is 9.95. The summed E-state index contributed by atoms with van der Waals surface area (Å²) in [5, 5.41) is 12.6. The van der Waals surface area contributed by atoms with Gasteiger partial charge in [-0.25, -0.2) is 0 Å². The lowest BCUT2D eigenvalue weighted by Crippen LogP contribution is -2.58. The van der Waals surface area contributed by atoms with Crippen molar-refractivity contribution in [3.05, 3.63) is 0 Å². The molecule has 1 amide bonds. The van der Waals surface area contributed by atoms with Gasteiger partial charge in [-0.05, 0) is 32.7 Å². The molecule has 1 rings (SSSR count). The van der Waals surface area contributed by atoms with E-state index in [1.54, 1.807) is 25.7 Å². The Balaban J connectivity index is 2.60. The highest BCUT2D eigenvalue weighted by molar-refractivity contribution is 8.00. The molecule has 1 saturated carbocycles. The topological polar surface area (TPSA) is 75.3 Å². The number of carbonyl (C=O) groups is 1. The second-order valence-corrected chi connectivity index (χ2v) is 5.98. The van der Waals surface area contributed by atoms with Crippen LogP contribution in [0.1, 0.15) is 26.7 Å². The first-order valence-corrected chi connectivity index (χ1v) is 6.77. The Morgan fingerprint density at radius 2 is 2.19 bits per heavy atom. The molecule has 5 heteroatoms. The zero-order valence-electron chi connectivity index (χ0n) is 10.2. The molecule has 16 heavy (non-hydrogen) atoms. The molecule has 4 N–H and O–H groups in total. The molecular weight excluding hydrogens is 224 g/mol. The molecule has 0 aliphatic heterocycles. The summed E-state index contributed by atoms with van der Waals surface area (Å²) in [6.07, 6.45) is 1.76. The zero-order valence-corrected chi connectivity index (χ0v) is 11.0. The summed E-state index contributed by atoms with van der Waals surface area (Å²) in [6.45, 7) is 3.73. The number of amides is 1. The van der Waals surface area contributed by atoms with E-state index in [1.165, 1.54) is 0 Å². The van der Waals surface area contributed by atoms with E-state index >= 15 is 0 Å². The van der Waals surface area contributed by atoms with Crippen LogP contribution in [0.25, 0.3) is 0 Å². The van der Waals surface area contributed by atoms with E-state index in [4.69, 9.17) is 5.73 Å². The van der Waals surface area contributed by atoms with Crippen LogP contribution in [0.4, 0.5) is 0 Å². The van der Waals surface area contributed by atoms with Crippen LogP contribution in [0.3, 0.4) is 0 Å². The van der Waals surface area contributed by atoms with E-state index in [-0.39, 0.29) is 17.3 Å². The summed E-state index contributed by atoms with van der Waals surface area (Å²) in [4.78, 5) is 11.6. The summed E-state index contributed by atoms with van der Waals surface area (Å²) in [7, 11) is 1.79. The number of thioether (sulfide) groups is 1. The van der Waals surface area contributed by atoms with Crippen LogP contribution >= 0.6 is 11.8 Å². The molecule has 1 aliphatic carbocycles. The Morgan fingerprint density at radius 1 is 1.62 bits per heavy atom. The molecule has 0 radical (unpaired) electrons. The Bertz CT molecular complexity index is 256. The van der Waals surface area contributed by atoms with E-state index < -0.39 is 5.54 Å². The first-order chi connectivity index (χ1) is 7.44. The number of hydrogen-bond donors (Lipinski definition) is 3. The Morgan fingerprint density at radius 3 is 2.50 bits per heavy atom. The van der Waals surface area contributed by atoms with Crippen molar-refractivity contribution in [1.82, 2.24) is 5.32 Å². The van der Waals surface area contributed by atoms with Gasteiger partial charge in [-0.2, -0.15) is 11.8 Å². The van der Waals surface area contributed by atoms with E-state index in [2.05, 4.69) is 5.32 Å². The largest absolute Gasteiger partial charge is 0.392 e. The van der Waals surface area contributed by atoms with E-state index in [0.29, 0.717) is 11.7 Å². The van der Waals surface area contributed by atoms with Crippen molar-refractivity contribution in [1.29, 1.82) is 0 Å². The van der Waals surface area contributed by atoms with Gasteiger partial charge in [-0.1, -0.05) is 6.92 Å². The van der Waals surface area contributed by atoms with Gasteiger partial charge in [0.15, 0.2) is 0 Å². The number of likely N-dealkylation sites (N-methyl/N-ethyl adjacent to an activating group) is 1. The van der Waals surface area contributed by atoms with E-state index in [1.807, 2.05) is 6.92 Å². The summed E-state index contributed by atoms with van der Waals surface area (Å²) in [6, 6.07) is 0. The molecule has 0 saturated heterocycles. The second-order valence-electron chi connectivity index (χ2n) is 4.62. The Hall–Kier alpha value is -0.260. The van der Waals surface area contributed by atoms with E-state index in [9.17, 15) is 9.90 Å². The van der Waals surface area contributed by atoms with E-state index in [0.717, 1.165) is 12.8 Å². The number of nitrogens with one attached hydrogen (secondary N) is 1. The normalized spacial score (nSPS) is 23.5. The number of carbonyl (C=O) groups excluding carboxylic acids is 1. The highest BCUT2D eigenvalue weighted by Crippen LogP contribution is 2.41. The molecule has 4 nitrogen and oxygen atoms in total. The quantitative estimate of drug-likeness (QED) is 0.605. The van der Waals surface area contributed by atoms with Gasteiger partial charge in [-0.3, -0.25) is 4.79 Å². The summed E-state index contributed by atoms with van der Waals surface area (Å²) < 4.78 is 0. The first-order valence-electron chi connectivity index (χ1n) is 5.72. The van der Waals surface area contributed by atoms with Crippen LogP contribution in [-0.4, -0.2) is 40.7 Å². The maximum absolute atomic E-state index is 11.6. The van der Waals surface area contributed by atoms with Crippen LogP contribution in [-0.2, 0) is 4.79 Å². The summed E-state index contributed by atoms with van der Waals surface area (Å²) >= 11 is 1.60. The molecule has 3 atom stereocenters. The van der Waals surface area contributed by atoms with Crippen molar-refractivity contribution in [2.24, 2.45) is 11.7 Å². The lowest BCUT2D eigenvalue weighted by Gasteiger charge is -2.31. The highest BCUT2D eigenvalue weighted by Gasteiger charge is 2.48. The molecule has 0 spiro atoms. The lowest BCUT2D eigenvalue weighted by molar-refractivity contribution is -0.124. The van der Waals surface area contributed by atoms with Crippen molar-refractivity contribution in [2.75, 3.05) is 12.8 Å². The van der Waals surface area contributed by atoms with Crippen molar-refractivity contribution in [3.8, 4) is 0 Å². The van der Waals surface area contributed by atoms with Crippen LogP contribution in [0.15, 0.2) is 0 Å². The van der Waals surface area contributed by atoms with Crippen LogP contribution < -0.4 is 11.1 Å². The Kier molecular flexibility index (Phi) is 4.64. The number of primary amides is 1. The third-order valence-electron chi connectivity index (χ3n) is 3.41. The number of aliphatic hydroxyl groups is 1. The van der Waals surface area contributed by atoms with Gasteiger partial charge in [0.2, 0.25) is 5.91 Å². The van der Waals surface area contributed by atoms with Gasteiger partial charge in [0.25, 0.3) is 0 Å². The molecule has 0 aromatic rings. The fraction of sp³-hybridized carbons (Fsp3) is 0.909. The molecule has 0 bridgehead atoms. The monoisotopic (exact) mass is 246 g/mol. The Labute approximate surface area is 101 Å². The average Bonchev–Trinajstić information content (AvgIpc) is 3.02. The SMILES string of the molecule is CNC(CSC(C)C(C)O)(C(N)=O)C1CC1. The number of aliphatic hydroxyl groups excluding tert-OH is 1. The highest BCUT2D eigenvalue weighted by atomic mass is 32.2. The molecule has 94 valence electrons. The fourth-order valence-corrected chi connectivity index (χ4v) is 3.09. The molecule has 1 aliphatic rings. The van der Waals surface area contributed by atoms with Crippen LogP contribution in [0, 0.1) is 5.92 Å². The van der Waals surface area contributed by atoms with Crippen molar-refractivity contribution < 1.29 is 9.90 Å². The minimum Gasteiger partial charge on any atom is -0.392 e. The maximum Gasteiger partial charge on any atom is 0.238 e. The zero-order chi connectivity index (χ0) is 12.3. The molecule has 0 heterocycles. The smallest absolute Gasteiger partial charge is 0.238 e. The summed E-state index contributed by atoms with van der Waals surface area (Å²) in [5.41, 5.74) is 4.92. The molecular formula is C11H22N2O2S. The van der Waals surface area contributed by atoms with Gasteiger partial charge in [0, 0.05) is 11.0 Å². The van der Waals surface area contributed by atoms with Crippen molar-refractivity contribution in [2.45, 2.75) is 43.6 Å². The number of hydrogen-bond acceptors (Lipinski definition) is 4. The van der Waals surface area contributed by atoms with Gasteiger partial charge in [0.1, 0.15) is 5.54 Å². The number of nitrogens with two attached hydrogens (primary N) is 1. The molecule has 0 aromatic heterocycles. The van der Waals surface area contributed by atoms with Gasteiger partial charge in [0.05, 0.1) is 6.10 Å². The van der Waals surface area contributed by atoms with Gasteiger partial charge in [-0.15, -0.1) is 0 Å². The third-order valence-corrected chi connectivity index (χ3v) is 4.95. The molecule has 3 unspecified atom stereocenters. The van der Waals surface area contributed by atoms with Gasteiger partial charge >= 0.3 is 0 Å². The maximum atomic E-state index is 11.6. The predicted molar refractivity (Wildman–Crippen MR) is 67.3 cm³/mol. The minimum absolute atomic E-state index is 0.117. The average molecular weight is 246 g/mol. The second kappa shape index (κ2) is 5.38. The predicted octanol–water partition coefficient (Wildman–Crippen LogP) is 0.342. The van der Waals surface area contributed by atoms with Crippen molar-refractivity contribution in [3.63, 3.8) is 0 Å². The fourth-order valence-electron chi connectivity index (χ4n) is 1.77. The summed E-state index contributed by atoms with van der Waals surface area (Å²) in [5.74, 6) is 0.724. The standard InChI is InChI=1S/C11H22N2O2S/c1-7(14)8(2)16-6-11(13-3,10(12)15)9-4-5-9/h7-9,13-14H,4-6H2,1-3H3,(H2,12,15). The molecule has 1 fully saturated rings. The van der Waals surface area contributed by atoms with Crippen molar-refractivity contribution >= 4 is 17.7 Å². The third kappa shape index (κ3) is 2.90. The number of rotatable bonds is 7. The van der Waals surface area contributed by atoms with Crippen LogP contribution in [0.5, 0.6) is 0 Å². The van der Waals surface area contributed by atoms with Gasteiger partial charge < -0.3 is 16.2 Å². The minimum atomic E-state index is -0.589. The first kappa shape index (κ1) is 13.8. The molecule has 0 aromatic carbocycles.